The highest BCUT2D eigenvalue weighted by Gasteiger charge is 2.15. The summed E-state index contributed by atoms with van der Waals surface area (Å²) in [7, 11) is 1.26. The number of nitrogens with one attached hydrogen (secondary N) is 2. The van der Waals surface area contributed by atoms with Gasteiger partial charge in [0.05, 0.1) is 7.11 Å². The molecule has 0 aliphatic carbocycles. The molecule has 0 aliphatic heterocycles. The van der Waals surface area contributed by atoms with Gasteiger partial charge in [0, 0.05) is 22.6 Å². The van der Waals surface area contributed by atoms with E-state index in [-0.39, 0.29) is 5.71 Å². The third kappa shape index (κ3) is 2.95. The van der Waals surface area contributed by atoms with Gasteiger partial charge in [0.15, 0.2) is 0 Å². The van der Waals surface area contributed by atoms with Crippen LogP contribution >= 0.6 is 0 Å². The number of nitrogen functional groups attached to an aromatic ring is 1. The van der Waals surface area contributed by atoms with Gasteiger partial charge in [0.2, 0.25) is 0 Å². The van der Waals surface area contributed by atoms with Crippen LogP contribution in [0.15, 0.2) is 48.5 Å². The lowest BCUT2D eigenvalue weighted by Crippen LogP contribution is -2.17. The summed E-state index contributed by atoms with van der Waals surface area (Å²) in [5.74, 6) is -0.670. The van der Waals surface area contributed by atoms with Gasteiger partial charge in [-0.15, -0.1) is 0 Å². The monoisotopic (exact) mass is 269 g/mol. The maximum absolute atomic E-state index is 11.5. The Kier molecular flexibility index (Phi) is 4.00. The number of anilines is 3. The van der Waals surface area contributed by atoms with Crippen molar-refractivity contribution in [2.24, 2.45) is 0 Å². The Bertz CT molecular complexity index is 636. The zero-order chi connectivity index (χ0) is 14.5. The maximum Gasteiger partial charge on any atom is 0.356 e. The number of benzene rings is 2. The smallest absolute Gasteiger partial charge is 0.356 e. The van der Waals surface area contributed by atoms with Gasteiger partial charge in [0.1, 0.15) is 5.71 Å². The molecule has 0 saturated heterocycles. The van der Waals surface area contributed by atoms with Gasteiger partial charge in [0.25, 0.3) is 0 Å². The molecule has 0 heterocycles. The van der Waals surface area contributed by atoms with Crippen molar-refractivity contribution in [2.75, 3.05) is 18.2 Å². The van der Waals surface area contributed by atoms with Gasteiger partial charge in [-0.25, -0.2) is 4.79 Å². The molecule has 0 aromatic heterocycles. The van der Waals surface area contributed by atoms with Crippen LogP contribution < -0.4 is 11.1 Å². The Hall–Kier alpha value is -2.82. The van der Waals surface area contributed by atoms with Crippen LogP contribution in [0.2, 0.25) is 0 Å². The predicted molar refractivity (Wildman–Crippen MR) is 79.4 cm³/mol. The van der Waals surface area contributed by atoms with Gasteiger partial charge in [-0.05, 0) is 30.3 Å². The van der Waals surface area contributed by atoms with Crippen LogP contribution in [0.1, 0.15) is 5.56 Å². The van der Waals surface area contributed by atoms with Crippen LogP contribution in [-0.4, -0.2) is 18.8 Å². The zero-order valence-electron chi connectivity index (χ0n) is 11.0. The van der Waals surface area contributed by atoms with E-state index in [0.717, 1.165) is 5.69 Å². The average Bonchev–Trinajstić information content (AvgIpc) is 2.48. The number of rotatable bonds is 4. The number of carbonyl (C=O) groups is 1. The summed E-state index contributed by atoms with van der Waals surface area (Å²) in [6.45, 7) is 0. The number of hydrogen-bond acceptors (Lipinski definition) is 5. The third-order valence-electron chi connectivity index (χ3n) is 2.78. The molecule has 20 heavy (non-hydrogen) atoms. The van der Waals surface area contributed by atoms with Crippen LogP contribution in [-0.2, 0) is 9.53 Å². The number of esters is 1. The Morgan fingerprint density at radius 3 is 2.45 bits per heavy atom. The standard InChI is InChI=1S/C15H15N3O2/c1-20-15(19)14(17)12-4-2-3-5-13(12)18-11-8-6-10(16)7-9-11/h2-9,17-18H,16H2,1H3. The van der Waals surface area contributed by atoms with E-state index in [0.29, 0.717) is 16.9 Å². The zero-order valence-corrected chi connectivity index (χ0v) is 11.0. The van der Waals surface area contributed by atoms with Gasteiger partial charge >= 0.3 is 5.97 Å². The summed E-state index contributed by atoms with van der Waals surface area (Å²) in [6.07, 6.45) is 0. The Morgan fingerprint density at radius 2 is 1.80 bits per heavy atom. The topological polar surface area (TPSA) is 88.2 Å². The number of ether oxygens (including phenoxy) is 1. The number of nitrogens with two attached hydrogens (primary N) is 1. The van der Waals surface area contributed by atoms with E-state index >= 15 is 0 Å². The molecule has 2 rings (SSSR count). The van der Waals surface area contributed by atoms with E-state index in [2.05, 4.69) is 10.1 Å². The molecule has 5 heteroatoms. The van der Waals surface area contributed by atoms with Crippen molar-refractivity contribution in [3.8, 4) is 0 Å². The molecule has 2 aromatic rings. The molecule has 4 N–H and O–H groups in total. The van der Waals surface area contributed by atoms with E-state index < -0.39 is 5.97 Å². The molecule has 2 aromatic carbocycles. The Balaban J connectivity index is 2.30. The van der Waals surface area contributed by atoms with E-state index in [1.807, 2.05) is 18.2 Å². The minimum Gasteiger partial charge on any atom is -0.464 e. The number of carbonyl (C=O) groups excluding carboxylic acids is 1. The summed E-state index contributed by atoms with van der Waals surface area (Å²) in [5.41, 5.74) is 8.08. The Labute approximate surface area is 116 Å². The molecule has 0 fully saturated rings. The van der Waals surface area contributed by atoms with Crippen LogP contribution in [0.25, 0.3) is 0 Å². The third-order valence-corrected chi connectivity index (χ3v) is 2.78. The van der Waals surface area contributed by atoms with Crippen molar-refractivity contribution in [3.05, 3.63) is 54.1 Å². The van der Waals surface area contributed by atoms with Crippen molar-refractivity contribution >= 4 is 28.7 Å². The predicted octanol–water partition coefficient (Wildman–Crippen LogP) is 2.55. The normalized spacial score (nSPS) is 9.85. The summed E-state index contributed by atoms with van der Waals surface area (Å²) in [5, 5.41) is 11.0. The molecule has 0 amide bonds. The summed E-state index contributed by atoms with van der Waals surface area (Å²) in [4.78, 5) is 11.5. The first kappa shape index (κ1) is 13.6. The SMILES string of the molecule is COC(=O)C(=N)c1ccccc1Nc1ccc(N)cc1. The van der Waals surface area contributed by atoms with E-state index in [1.54, 1.807) is 30.3 Å². The van der Waals surface area contributed by atoms with Crippen molar-refractivity contribution in [1.29, 1.82) is 5.41 Å². The van der Waals surface area contributed by atoms with Gasteiger partial charge in [-0.1, -0.05) is 18.2 Å². The molecule has 0 spiro atoms. The Morgan fingerprint density at radius 1 is 1.15 bits per heavy atom. The minimum atomic E-state index is -0.670. The van der Waals surface area contributed by atoms with Crippen molar-refractivity contribution < 1.29 is 9.53 Å². The molecule has 0 aliphatic rings. The lowest BCUT2D eigenvalue weighted by atomic mass is 10.1. The molecule has 102 valence electrons. The summed E-state index contributed by atoms with van der Waals surface area (Å²) < 4.78 is 4.58. The highest BCUT2D eigenvalue weighted by Crippen LogP contribution is 2.22. The summed E-state index contributed by atoms with van der Waals surface area (Å²) in [6, 6.07) is 14.3. The average molecular weight is 269 g/mol. The van der Waals surface area contributed by atoms with Gasteiger partial charge < -0.3 is 15.8 Å². The molecular weight excluding hydrogens is 254 g/mol. The van der Waals surface area contributed by atoms with Gasteiger partial charge in [-0.3, -0.25) is 5.41 Å². The van der Waals surface area contributed by atoms with E-state index in [9.17, 15) is 4.79 Å². The largest absolute Gasteiger partial charge is 0.464 e. The quantitative estimate of drug-likeness (QED) is 0.452. The van der Waals surface area contributed by atoms with Crippen LogP contribution in [0.4, 0.5) is 17.1 Å². The second-order valence-electron chi connectivity index (χ2n) is 4.16. The highest BCUT2D eigenvalue weighted by molar-refractivity contribution is 6.43. The van der Waals surface area contributed by atoms with Gasteiger partial charge in [-0.2, -0.15) is 0 Å². The molecule has 5 nitrogen and oxygen atoms in total. The lowest BCUT2D eigenvalue weighted by Gasteiger charge is -2.12. The van der Waals surface area contributed by atoms with E-state index in [4.69, 9.17) is 11.1 Å². The first-order valence-corrected chi connectivity index (χ1v) is 6.00. The van der Waals surface area contributed by atoms with Crippen LogP contribution in [0, 0.1) is 5.41 Å². The number of hydrogen-bond donors (Lipinski definition) is 3. The first-order valence-electron chi connectivity index (χ1n) is 6.00. The first-order chi connectivity index (χ1) is 9.61. The molecule has 0 saturated carbocycles. The number of para-hydroxylation sites is 1. The maximum atomic E-state index is 11.5. The van der Waals surface area contributed by atoms with E-state index in [1.165, 1.54) is 7.11 Å². The van der Waals surface area contributed by atoms with Crippen molar-refractivity contribution in [2.45, 2.75) is 0 Å². The van der Waals surface area contributed by atoms with Crippen molar-refractivity contribution in [1.82, 2.24) is 0 Å². The minimum absolute atomic E-state index is 0.189. The lowest BCUT2D eigenvalue weighted by molar-refractivity contribution is -0.132. The fourth-order valence-electron chi connectivity index (χ4n) is 1.74. The van der Waals surface area contributed by atoms with Crippen molar-refractivity contribution in [3.63, 3.8) is 0 Å². The van der Waals surface area contributed by atoms with Crippen LogP contribution in [0.5, 0.6) is 0 Å². The molecular formula is C15H15N3O2. The molecule has 0 bridgehead atoms. The molecule has 0 unspecified atom stereocenters. The summed E-state index contributed by atoms with van der Waals surface area (Å²) >= 11 is 0. The van der Waals surface area contributed by atoms with Crippen LogP contribution in [0.3, 0.4) is 0 Å². The second-order valence-corrected chi connectivity index (χ2v) is 4.16. The fourth-order valence-corrected chi connectivity index (χ4v) is 1.74. The number of methoxy groups -OCH3 is 1. The molecule has 0 atom stereocenters. The highest BCUT2D eigenvalue weighted by atomic mass is 16.5. The second kappa shape index (κ2) is 5.88. The fraction of sp³-hybridized carbons (Fsp3) is 0.0667. The molecule has 0 radical (unpaired) electrons.